The number of fused-ring (bicyclic) bond motifs is 2. The maximum absolute atomic E-state index is 4.76. The van der Waals surface area contributed by atoms with Crippen molar-refractivity contribution in [3.63, 3.8) is 0 Å². The van der Waals surface area contributed by atoms with Crippen molar-refractivity contribution in [1.82, 2.24) is 9.88 Å². The van der Waals surface area contributed by atoms with Crippen LogP contribution in [0.25, 0.3) is 10.2 Å². The fraction of sp³-hybridized carbons (Fsp3) is 0.591. The largest absolute Gasteiger partial charge is 0.359 e. The number of thiazole rings is 1. The second-order valence-electron chi connectivity index (χ2n) is 9.15. The minimum atomic E-state index is 0.547. The Morgan fingerprint density at radius 2 is 2.11 bits per heavy atom. The third-order valence-electron chi connectivity index (χ3n) is 7.25. The van der Waals surface area contributed by atoms with Crippen LogP contribution in [0.4, 0.5) is 5.13 Å². The van der Waals surface area contributed by atoms with Gasteiger partial charge in [0.05, 0.1) is 10.2 Å². The summed E-state index contributed by atoms with van der Waals surface area (Å²) in [4.78, 5) is 7.43. The van der Waals surface area contributed by atoms with E-state index in [0.717, 1.165) is 27.0 Å². The lowest BCUT2D eigenvalue weighted by atomic mass is 9.49. The number of rotatable bonds is 4. The maximum Gasteiger partial charge on any atom is 0.184 e. The molecule has 1 aromatic carbocycles. The quantitative estimate of drug-likeness (QED) is 0.591. The third kappa shape index (κ3) is 3.36. The van der Waals surface area contributed by atoms with Crippen LogP contribution in [0.3, 0.4) is 0 Å². The first kappa shape index (κ1) is 18.1. The van der Waals surface area contributed by atoms with E-state index in [2.05, 4.69) is 64.3 Å². The molecule has 1 saturated carbocycles. The van der Waals surface area contributed by atoms with Gasteiger partial charge in [-0.25, -0.2) is 4.98 Å². The SMILES string of the molecule is CC1(C)[C@H]2CC=C(CN3CCC(Nc4nc5ccc(Br)cc5s4)CC3)[C@@H]1C2. The Bertz CT molecular complexity index is 879. The summed E-state index contributed by atoms with van der Waals surface area (Å²) in [5.74, 6) is 1.78. The molecule has 2 heterocycles. The van der Waals surface area contributed by atoms with Gasteiger partial charge in [0.15, 0.2) is 5.13 Å². The van der Waals surface area contributed by atoms with Gasteiger partial charge in [0.25, 0.3) is 0 Å². The molecule has 2 fully saturated rings. The van der Waals surface area contributed by atoms with Crippen molar-refractivity contribution in [3.05, 3.63) is 34.3 Å². The zero-order valence-electron chi connectivity index (χ0n) is 16.2. The molecule has 1 aliphatic heterocycles. The van der Waals surface area contributed by atoms with Crippen LogP contribution >= 0.6 is 27.3 Å². The van der Waals surface area contributed by atoms with Crippen LogP contribution in [0, 0.1) is 17.3 Å². The predicted octanol–water partition coefficient (Wildman–Crippen LogP) is 5.93. The van der Waals surface area contributed by atoms with E-state index in [-0.39, 0.29) is 0 Å². The zero-order valence-corrected chi connectivity index (χ0v) is 18.6. The van der Waals surface area contributed by atoms with Gasteiger partial charge >= 0.3 is 0 Å². The number of anilines is 1. The summed E-state index contributed by atoms with van der Waals surface area (Å²) in [7, 11) is 0. The van der Waals surface area contributed by atoms with E-state index < -0.39 is 0 Å². The lowest BCUT2D eigenvalue weighted by Gasteiger charge is -2.57. The number of piperidine rings is 1. The second kappa shape index (κ2) is 6.85. The summed E-state index contributed by atoms with van der Waals surface area (Å²) in [6.07, 6.45) is 7.73. The average molecular weight is 446 g/mol. The molecule has 1 N–H and O–H groups in total. The van der Waals surface area contributed by atoms with Crippen LogP contribution in [0.1, 0.15) is 39.5 Å². The van der Waals surface area contributed by atoms with Crippen LogP contribution in [-0.4, -0.2) is 35.6 Å². The molecule has 2 atom stereocenters. The molecule has 3 nitrogen and oxygen atoms in total. The summed E-state index contributed by atoms with van der Waals surface area (Å²) in [6.45, 7) is 8.55. The fourth-order valence-corrected chi connectivity index (χ4v) is 6.78. The van der Waals surface area contributed by atoms with Gasteiger partial charge in [0.1, 0.15) is 0 Å². The summed E-state index contributed by atoms with van der Waals surface area (Å²) in [5, 5.41) is 4.76. The minimum absolute atomic E-state index is 0.547. The molecule has 0 amide bonds. The molecule has 5 heteroatoms. The summed E-state index contributed by atoms with van der Waals surface area (Å²) >= 11 is 5.31. The molecule has 6 rings (SSSR count). The Kier molecular flexibility index (Phi) is 4.60. The van der Waals surface area contributed by atoms with Gasteiger partial charge in [-0.15, -0.1) is 0 Å². The Labute approximate surface area is 174 Å². The monoisotopic (exact) mass is 445 g/mol. The molecule has 1 aromatic heterocycles. The molecule has 0 radical (unpaired) electrons. The van der Waals surface area contributed by atoms with Crippen molar-refractivity contribution in [1.29, 1.82) is 0 Å². The van der Waals surface area contributed by atoms with Crippen molar-refractivity contribution in [3.8, 4) is 0 Å². The van der Waals surface area contributed by atoms with Gasteiger partial charge in [-0.3, -0.25) is 4.90 Å². The van der Waals surface area contributed by atoms with Crippen molar-refractivity contribution in [2.24, 2.45) is 17.3 Å². The molecule has 0 unspecified atom stereocenters. The van der Waals surface area contributed by atoms with Crippen molar-refractivity contribution >= 4 is 42.6 Å². The van der Waals surface area contributed by atoms with E-state index in [1.54, 1.807) is 16.9 Å². The van der Waals surface area contributed by atoms with E-state index in [1.165, 1.54) is 50.0 Å². The van der Waals surface area contributed by atoms with Gasteiger partial charge in [-0.2, -0.15) is 0 Å². The molecule has 2 bridgehead atoms. The number of halogens is 1. The Balaban J connectivity index is 1.16. The van der Waals surface area contributed by atoms with Crippen molar-refractivity contribution in [2.75, 3.05) is 25.0 Å². The number of benzene rings is 1. The zero-order chi connectivity index (χ0) is 18.6. The van der Waals surface area contributed by atoms with Crippen LogP contribution in [0.15, 0.2) is 34.3 Å². The van der Waals surface area contributed by atoms with E-state index in [9.17, 15) is 0 Å². The number of aromatic nitrogens is 1. The number of allylic oxidation sites excluding steroid dienone is 1. The molecule has 1 saturated heterocycles. The summed E-state index contributed by atoms with van der Waals surface area (Å²) < 4.78 is 2.37. The van der Waals surface area contributed by atoms with Crippen LogP contribution in [0.2, 0.25) is 0 Å². The summed E-state index contributed by atoms with van der Waals surface area (Å²) in [5.41, 5.74) is 3.37. The van der Waals surface area contributed by atoms with Crippen molar-refractivity contribution in [2.45, 2.75) is 45.6 Å². The Hall–Kier alpha value is -0.910. The van der Waals surface area contributed by atoms with Gasteiger partial charge < -0.3 is 5.32 Å². The normalized spacial score (nSPS) is 28.0. The average Bonchev–Trinajstić information content (AvgIpc) is 3.04. The number of nitrogens with one attached hydrogen (secondary N) is 1. The number of hydrogen-bond acceptors (Lipinski definition) is 4. The molecule has 0 spiro atoms. The molecule has 4 aliphatic rings. The molecule has 3 aliphatic carbocycles. The van der Waals surface area contributed by atoms with Gasteiger partial charge in [-0.1, -0.05) is 52.8 Å². The lowest BCUT2D eigenvalue weighted by Crippen LogP contribution is -2.50. The smallest absolute Gasteiger partial charge is 0.184 e. The van der Waals surface area contributed by atoms with Crippen LogP contribution in [0.5, 0.6) is 0 Å². The molecular weight excluding hydrogens is 418 g/mol. The molecule has 27 heavy (non-hydrogen) atoms. The number of hydrogen-bond donors (Lipinski definition) is 1. The number of nitrogens with zero attached hydrogens (tertiary/aromatic N) is 2. The van der Waals surface area contributed by atoms with Crippen LogP contribution < -0.4 is 5.32 Å². The number of likely N-dealkylation sites (tertiary alicyclic amines) is 1. The van der Waals surface area contributed by atoms with Gasteiger partial charge in [0, 0.05) is 30.1 Å². The molecular formula is C22H28BrN3S. The second-order valence-corrected chi connectivity index (χ2v) is 11.1. The lowest BCUT2D eigenvalue weighted by molar-refractivity contribution is -0.0112. The highest BCUT2D eigenvalue weighted by Crippen LogP contribution is 2.59. The van der Waals surface area contributed by atoms with E-state index in [1.807, 2.05) is 0 Å². The first-order chi connectivity index (χ1) is 13.0. The van der Waals surface area contributed by atoms with Gasteiger partial charge in [0.2, 0.25) is 0 Å². The van der Waals surface area contributed by atoms with Crippen molar-refractivity contribution < 1.29 is 0 Å². The topological polar surface area (TPSA) is 28.2 Å². The highest BCUT2D eigenvalue weighted by atomic mass is 79.9. The van der Waals surface area contributed by atoms with E-state index in [4.69, 9.17) is 4.98 Å². The first-order valence-electron chi connectivity index (χ1n) is 10.2. The third-order valence-corrected chi connectivity index (χ3v) is 8.70. The van der Waals surface area contributed by atoms with E-state index >= 15 is 0 Å². The van der Waals surface area contributed by atoms with Gasteiger partial charge in [-0.05, 0) is 61.1 Å². The Morgan fingerprint density at radius 1 is 1.30 bits per heavy atom. The molecule has 2 aromatic rings. The standard InChI is InChI=1S/C22H28BrN3S/c1-22(2)15-4-3-14(18(22)11-15)13-26-9-7-17(8-10-26)24-21-25-19-6-5-16(23)12-20(19)27-21/h3,5-6,12,15,17-18H,4,7-11,13H2,1-2H3,(H,24,25)/t15-,18-/m0/s1. The first-order valence-corrected chi connectivity index (χ1v) is 11.8. The maximum atomic E-state index is 4.76. The molecule has 144 valence electrons. The van der Waals surface area contributed by atoms with Crippen LogP contribution in [-0.2, 0) is 0 Å². The highest BCUT2D eigenvalue weighted by molar-refractivity contribution is 9.10. The summed E-state index contributed by atoms with van der Waals surface area (Å²) in [6, 6.07) is 6.87. The predicted molar refractivity (Wildman–Crippen MR) is 118 cm³/mol. The fourth-order valence-electron chi connectivity index (χ4n) is 5.28. The minimum Gasteiger partial charge on any atom is -0.359 e. The highest BCUT2D eigenvalue weighted by Gasteiger charge is 2.51. The van der Waals surface area contributed by atoms with E-state index in [0.29, 0.717) is 11.5 Å². The Morgan fingerprint density at radius 3 is 2.85 bits per heavy atom.